The molecule has 0 aliphatic carbocycles. The van der Waals surface area contributed by atoms with Crippen LogP contribution in [0.2, 0.25) is 0 Å². The quantitative estimate of drug-likeness (QED) is 0.387. The number of hydrogen-bond acceptors (Lipinski definition) is 3. The molecular formula is C5H8N2O2. The lowest BCUT2D eigenvalue weighted by Crippen LogP contribution is -2.47. The van der Waals surface area contributed by atoms with Crippen molar-refractivity contribution in [3.8, 4) is 0 Å². The Hall–Kier alpha value is -0.870. The minimum absolute atomic E-state index is 0.224. The van der Waals surface area contributed by atoms with Crippen LogP contribution < -0.4 is 10.9 Å². The predicted octanol–water partition coefficient (Wildman–Crippen LogP) is -1.11. The Morgan fingerprint density at radius 3 is 2.89 bits per heavy atom. The maximum absolute atomic E-state index is 10.5. The van der Waals surface area contributed by atoms with Crippen molar-refractivity contribution in [1.29, 1.82) is 0 Å². The van der Waals surface area contributed by atoms with Crippen LogP contribution in [0.4, 0.5) is 0 Å². The van der Waals surface area contributed by atoms with E-state index in [-0.39, 0.29) is 5.91 Å². The summed E-state index contributed by atoms with van der Waals surface area (Å²) in [4.78, 5) is 10.5. The van der Waals surface area contributed by atoms with Gasteiger partial charge in [-0.25, -0.2) is 5.43 Å². The highest BCUT2D eigenvalue weighted by molar-refractivity contribution is 5.88. The molecule has 1 heterocycles. The first-order chi connectivity index (χ1) is 4.20. The lowest BCUT2D eigenvalue weighted by molar-refractivity contribution is -0.119. The molecule has 0 radical (unpaired) electrons. The number of rotatable bonds is 0. The van der Waals surface area contributed by atoms with Gasteiger partial charge in [0.15, 0.2) is 0 Å². The number of amides is 1. The Labute approximate surface area is 52.5 Å². The molecule has 0 bridgehead atoms. The zero-order valence-corrected chi connectivity index (χ0v) is 5.01. The van der Waals surface area contributed by atoms with E-state index in [2.05, 4.69) is 10.9 Å². The number of nitrogens with one attached hydrogen (secondary N) is 2. The molecule has 1 amide bonds. The molecular weight excluding hydrogens is 120 g/mol. The molecule has 0 aromatic heterocycles. The van der Waals surface area contributed by atoms with Crippen LogP contribution in [0.15, 0.2) is 11.6 Å². The molecule has 3 N–H and O–H groups in total. The topological polar surface area (TPSA) is 61.4 Å². The van der Waals surface area contributed by atoms with E-state index in [1.54, 1.807) is 6.92 Å². The molecule has 0 saturated heterocycles. The number of aliphatic hydroxyl groups excluding tert-OH is 1. The van der Waals surface area contributed by atoms with Gasteiger partial charge in [0.2, 0.25) is 0 Å². The minimum atomic E-state index is -0.734. The third-order valence-electron chi connectivity index (χ3n) is 1.12. The Kier molecular flexibility index (Phi) is 1.50. The highest BCUT2D eigenvalue weighted by atomic mass is 16.3. The van der Waals surface area contributed by atoms with Crippen LogP contribution in [0, 0.1) is 0 Å². The summed E-state index contributed by atoms with van der Waals surface area (Å²) in [5.74, 6) is -0.224. The lowest BCUT2D eigenvalue weighted by atomic mass is 10.2. The molecule has 4 heteroatoms. The number of hydrogen-bond donors (Lipinski definition) is 3. The van der Waals surface area contributed by atoms with E-state index in [0.29, 0.717) is 5.57 Å². The van der Waals surface area contributed by atoms with Crippen molar-refractivity contribution in [3.05, 3.63) is 11.6 Å². The second kappa shape index (κ2) is 2.16. The van der Waals surface area contributed by atoms with Crippen molar-refractivity contribution in [2.75, 3.05) is 0 Å². The van der Waals surface area contributed by atoms with Crippen LogP contribution >= 0.6 is 0 Å². The first-order valence-corrected chi connectivity index (χ1v) is 2.62. The second-order valence-corrected chi connectivity index (χ2v) is 1.92. The summed E-state index contributed by atoms with van der Waals surface area (Å²) >= 11 is 0. The van der Waals surface area contributed by atoms with E-state index in [1.165, 1.54) is 6.08 Å². The molecule has 1 aliphatic heterocycles. The van der Waals surface area contributed by atoms with Crippen LogP contribution in [0.3, 0.4) is 0 Å². The van der Waals surface area contributed by atoms with Crippen molar-refractivity contribution in [1.82, 2.24) is 10.9 Å². The highest BCUT2D eigenvalue weighted by Crippen LogP contribution is 1.99. The van der Waals surface area contributed by atoms with Gasteiger partial charge in [0, 0.05) is 6.08 Å². The van der Waals surface area contributed by atoms with Crippen LogP contribution in [-0.4, -0.2) is 17.2 Å². The van der Waals surface area contributed by atoms with Crippen molar-refractivity contribution in [2.24, 2.45) is 0 Å². The fraction of sp³-hybridized carbons (Fsp3) is 0.400. The smallest absolute Gasteiger partial charge is 0.258 e. The van der Waals surface area contributed by atoms with Crippen LogP contribution in [0.5, 0.6) is 0 Å². The number of aliphatic hydroxyl groups is 1. The number of carbonyl (C=O) groups excluding carboxylic acids is 1. The van der Waals surface area contributed by atoms with E-state index in [9.17, 15) is 4.79 Å². The first-order valence-electron chi connectivity index (χ1n) is 2.62. The van der Waals surface area contributed by atoms with E-state index >= 15 is 0 Å². The number of hydrazine groups is 1. The monoisotopic (exact) mass is 128 g/mol. The summed E-state index contributed by atoms with van der Waals surface area (Å²) in [6.45, 7) is 1.68. The van der Waals surface area contributed by atoms with Gasteiger partial charge in [0.1, 0.15) is 6.23 Å². The summed E-state index contributed by atoms with van der Waals surface area (Å²) in [5, 5.41) is 8.90. The maximum atomic E-state index is 10.5. The molecule has 50 valence electrons. The average molecular weight is 128 g/mol. The molecule has 1 unspecified atom stereocenters. The Bertz CT molecular complexity index is 164. The third-order valence-corrected chi connectivity index (χ3v) is 1.12. The second-order valence-electron chi connectivity index (χ2n) is 1.92. The number of carbonyl (C=O) groups is 1. The van der Waals surface area contributed by atoms with Crippen LogP contribution in [-0.2, 0) is 4.79 Å². The lowest BCUT2D eigenvalue weighted by Gasteiger charge is -2.17. The molecule has 1 aliphatic rings. The summed E-state index contributed by atoms with van der Waals surface area (Å²) in [6.07, 6.45) is 0.615. The van der Waals surface area contributed by atoms with Crippen molar-refractivity contribution >= 4 is 5.91 Å². The Balaban J connectivity index is 2.72. The van der Waals surface area contributed by atoms with Gasteiger partial charge in [-0.1, -0.05) is 0 Å². The van der Waals surface area contributed by atoms with E-state index in [4.69, 9.17) is 5.11 Å². The molecule has 0 aromatic carbocycles. The van der Waals surface area contributed by atoms with Gasteiger partial charge in [-0.3, -0.25) is 10.2 Å². The minimum Gasteiger partial charge on any atom is -0.373 e. The van der Waals surface area contributed by atoms with Gasteiger partial charge in [-0.05, 0) is 12.5 Å². The summed E-state index contributed by atoms with van der Waals surface area (Å²) in [7, 11) is 0. The van der Waals surface area contributed by atoms with Crippen molar-refractivity contribution in [3.63, 3.8) is 0 Å². The zero-order valence-electron chi connectivity index (χ0n) is 5.01. The average Bonchev–Trinajstić information content (AvgIpc) is 1.80. The van der Waals surface area contributed by atoms with Gasteiger partial charge in [0.05, 0.1) is 0 Å². The molecule has 4 nitrogen and oxygen atoms in total. The highest BCUT2D eigenvalue weighted by Gasteiger charge is 2.12. The summed E-state index contributed by atoms with van der Waals surface area (Å²) in [6, 6.07) is 0. The largest absolute Gasteiger partial charge is 0.373 e. The molecule has 1 atom stereocenters. The van der Waals surface area contributed by atoms with E-state index in [1.807, 2.05) is 0 Å². The zero-order chi connectivity index (χ0) is 6.85. The summed E-state index contributed by atoms with van der Waals surface area (Å²) < 4.78 is 0. The Morgan fingerprint density at radius 1 is 1.78 bits per heavy atom. The van der Waals surface area contributed by atoms with Gasteiger partial charge < -0.3 is 5.11 Å². The molecule has 0 spiro atoms. The van der Waals surface area contributed by atoms with Gasteiger partial charge in [0.25, 0.3) is 5.91 Å². The molecule has 1 rings (SSSR count). The fourth-order valence-electron chi connectivity index (χ4n) is 0.575. The molecule has 9 heavy (non-hydrogen) atoms. The van der Waals surface area contributed by atoms with Crippen molar-refractivity contribution < 1.29 is 9.90 Å². The normalized spacial score (nSPS) is 27.1. The molecule has 0 aromatic rings. The van der Waals surface area contributed by atoms with Crippen LogP contribution in [0.1, 0.15) is 6.92 Å². The fourth-order valence-corrected chi connectivity index (χ4v) is 0.575. The standard InChI is InChI=1S/C5H8N2O2/c1-3-2-4(8)6-7-5(3)9/h2,5,7,9H,1H3,(H,6,8). The molecule has 0 fully saturated rings. The summed E-state index contributed by atoms with van der Waals surface area (Å²) in [5.41, 5.74) is 5.24. The maximum Gasteiger partial charge on any atom is 0.258 e. The van der Waals surface area contributed by atoms with E-state index < -0.39 is 6.23 Å². The van der Waals surface area contributed by atoms with Crippen LogP contribution in [0.25, 0.3) is 0 Å². The van der Waals surface area contributed by atoms with Gasteiger partial charge >= 0.3 is 0 Å². The van der Waals surface area contributed by atoms with Gasteiger partial charge in [-0.2, -0.15) is 0 Å². The van der Waals surface area contributed by atoms with Gasteiger partial charge in [-0.15, -0.1) is 0 Å². The molecule has 0 saturated carbocycles. The van der Waals surface area contributed by atoms with Crippen molar-refractivity contribution in [2.45, 2.75) is 13.2 Å². The van der Waals surface area contributed by atoms with E-state index in [0.717, 1.165) is 0 Å². The third kappa shape index (κ3) is 1.28. The first kappa shape index (κ1) is 6.25. The predicted molar refractivity (Wildman–Crippen MR) is 31.0 cm³/mol. The Morgan fingerprint density at radius 2 is 2.44 bits per heavy atom. The SMILES string of the molecule is CC1=CC(=O)NNC1O.